The molecule has 0 radical (unpaired) electrons. The maximum atomic E-state index is 5.91. The van der Waals surface area contributed by atoms with Crippen LogP contribution in [0.5, 0.6) is 5.75 Å². The molecular formula is C18H15BrClN3OS. The average Bonchev–Trinajstić information content (AvgIpc) is 3.07. The van der Waals surface area contributed by atoms with Crippen LogP contribution < -0.4 is 10.2 Å². The van der Waals surface area contributed by atoms with Crippen LogP contribution in [0.3, 0.4) is 0 Å². The highest BCUT2D eigenvalue weighted by Crippen LogP contribution is 2.27. The molecule has 0 amide bonds. The van der Waals surface area contributed by atoms with Crippen molar-refractivity contribution in [2.45, 2.75) is 6.92 Å². The molecule has 0 aliphatic rings. The normalized spacial score (nSPS) is 11.0. The van der Waals surface area contributed by atoms with Gasteiger partial charge in [0.05, 0.1) is 23.0 Å². The summed E-state index contributed by atoms with van der Waals surface area (Å²) < 4.78 is 6.39. The first kappa shape index (κ1) is 17.9. The van der Waals surface area contributed by atoms with Crippen molar-refractivity contribution in [1.29, 1.82) is 0 Å². The van der Waals surface area contributed by atoms with E-state index in [2.05, 4.69) is 31.4 Å². The molecule has 0 saturated heterocycles. The van der Waals surface area contributed by atoms with Gasteiger partial charge in [-0.05, 0) is 58.7 Å². The second-order valence-electron chi connectivity index (χ2n) is 5.04. The Bertz CT molecular complexity index is 880. The standard InChI is InChI=1S/C18H15BrClN3OS/c1-2-24-17-8-3-12(9-15(17)19)10-21-23-18-22-16(11-25-18)13-4-6-14(20)7-5-13/h3-11H,2H2,1H3,(H,22,23)/b21-10-. The molecule has 0 atom stereocenters. The topological polar surface area (TPSA) is 46.5 Å². The number of nitrogens with one attached hydrogen (secondary N) is 1. The minimum Gasteiger partial charge on any atom is -0.493 e. The molecule has 0 unspecified atom stereocenters. The van der Waals surface area contributed by atoms with Crippen LogP contribution in [-0.2, 0) is 0 Å². The summed E-state index contributed by atoms with van der Waals surface area (Å²) in [6.45, 7) is 2.59. The van der Waals surface area contributed by atoms with Crippen molar-refractivity contribution in [3.8, 4) is 17.0 Å². The minimum absolute atomic E-state index is 0.633. The molecule has 0 aliphatic heterocycles. The van der Waals surface area contributed by atoms with Gasteiger partial charge in [-0.2, -0.15) is 5.10 Å². The van der Waals surface area contributed by atoms with Crippen LogP contribution in [0.25, 0.3) is 11.3 Å². The minimum atomic E-state index is 0.633. The second-order valence-corrected chi connectivity index (χ2v) is 7.19. The highest BCUT2D eigenvalue weighted by molar-refractivity contribution is 9.10. The van der Waals surface area contributed by atoms with E-state index in [0.29, 0.717) is 11.6 Å². The first-order valence-corrected chi connectivity index (χ1v) is 9.63. The Balaban J connectivity index is 1.65. The fourth-order valence-corrected chi connectivity index (χ4v) is 3.42. The molecule has 0 spiro atoms. The van der Waals surface area contributed by atoms with Gasteiger partial charge in [-0.1, -0.05) is 23.7 Å². The van der Waals surface area contributed by atoms with Gasteiger partial charge in [0.15, 0.2) is 0 Å². The lowest BCUT2D eigenvalue weighted by Gasteiger charge is -2.05. The third kappa shape index (κ3) is 4.81. The van der Waals surface area contributed by atoms with E-state index in [4.69, 9.17) is 16.3 Å². The zero-order valence-corrected chi connectivity index (χ0v) is 16.5. The summed E-state index contributed by atoms with van der Waals surface area (Å²) in [6, 6.07) is 13.4. The van der Waals surface area contributed by atoms with Gasteiger partial charge in [0.25, 0.3) is 0 Å². The van der Waals surface area contributed by atoms with E-state index in [0.717, 1.165) is 32.2 Å². The quantitative estimate of drug-likeness (QED) is 0.377. The Morgan fingerprint density at radius 2 is 2.08 bits per heavy atom. The maximum absolute atomic E-state index is 5.91. The van der Waals surface area contributed by atoms with E-state index >= 15 is 0 Å². The van der Waals surface area contributed by atoms with Crippen molar-refractivity contribution in [3.05, 3.63) is 62.9 Å². The number of ether oxygens (including phenoxy) is 1. The molecule has 4 nitrogen and oxygen atoms in total. The summed E-state index contributed by atoms with van der Waals surface area (Å²) in [5.74, 6) is 0.820. The lowest BCUT2D eigenvalue weighted by atomic mass is 10.2. The van der Waals surface area contributed by atoms with Crippen LogP contribution in [0.2, 0.25) is 5.02 Å². The Labute approximate surface area is 163 Å². The molecule has 0 aliphatic carbocycles. The Hall–Kier alpha value is -1.89. The van der Waals surface area contributed by atoms with E-state index < -0.39 is 0 Å². The largest absolute Gasteiger partial charge is 0.493 e. The van der Waals surface area contributed by atoms with Crippen molar-refractivity contribution in [2.24, 2.45) is 5.10 Å². The number of hydrogen-bond donors (Lipinski definition) is 1. The summed E-state index contributed by atoms with van der Waals surface area (Å²) in [7, 11) is 0. The smallest absolute Gasteiger partial charge is 0.203 e. The third-order valence-corrected chi connectivity index (χ3v) is 4.89. The highest BCUT2D eigenvalue weighted by Gasteiger charge is 2.04. The fourth-order valence-electron chi connectivity index (χ4n) is 2.11. The molecule has 25 heavy (non-hydrogen) atoms. The summed E-state index contributed by atoms with van der Waals surface area (Å²) in [5, 5.41) is 7.66. The van der Waals surface area contributed by atoms with Crippen LogP contribution in [0, 0.1) is 0 Å². The van der Waals surface area contributed by atoms with E-state index in [1.807, 2.05) is 54.8 Å². The van der Waals surface area contributed by atoms with Gasteiger partial charge in [0, 0.05) is 16.0 Å². The van der Waals surface area contributed by atoms with Crippen LogP contribution in [0.15, 0.2) is 57.4 Å². The lowest BCUT2D eigenvalue weighted by molar-refractivity contribution is 0.338. The molecule has 1 aromatic heterocycles. The summed E-state index contributed by atoms with van der Waals surface area (Å²) >= 11 is 10.9. The number of thiazole rings is 1. The number of rotatable bonds is 6. The Kier molecular flexibility index (Phi) is 6.07. The van der Waals surface area contributed by atoms with Gasteiger partial charge in [-0.3, -0.25) is 5.43 Å². The van der Waals surface area contributed by atoms with Crippen molar-refractivity contribution >= 4 is 50.2 Å². The van der Waals surface area contributed by atoms with Gasteiger partial charge in [0.2, 0.25) is 5.13 Å². The van der Waals surface area contributed by atoms with Gasteiger partial charge in [0.1, 0.15) is 5.75 Å². The van der Waals surface area contributed by atoms with Gasteiger partial charge < -0.3 is 4.74 Å². The fraction of sp³-hybridized carbons (Fsp3) is 0.111. The molecule has 7 heteroatoms. The third-order valence-electron chi connectivity index (χ3n) is 3.27. The molecular weight excluding hydrogens is 422 g/mol. The Morgan fingerprint density at radius 3 is 2.80 bits per heavy atom. The lowest BCUT2D eigenvalue weighted by Crippen LogP contribution is -1.94. The summed E-state index contributed by atoms with van der Waals surface area (Å²) in [4.78, 5) is 4.52. The molecule has 128 valence electrons. The molecule has 2 aromatic carbocycles. The maximum Gasteiger partial charge on any atom is 0.203 e. The van der Waals surface area contributed by atoms with E-state index in [1.54, 1.807) is 6.21 Å². The van der Waals surface area contributed by atoms with Crippen molar-refractivity contribution < 1.29 is 4.74 Å². The number of hydrogen-bond acceptors (Lipinski definition) is 5. The van der Waals surface area contributed by atoms with E-state index in [-0.39, 0.29) is 0 Å². The van der Waals surface area contributed by atoms with Gasteiger partial charge in [-0.15, -0.1) is 11.3 Å². The molecule has 3 rings (SSSR count). The van der Waals surface area contributed by atoms with Crippen LogP contribution in [0.1, 0.15) is 12.5 Å². The predicted octanol–water partition coefficient (Wildman–Crippen LogP) is 6.07. The SMILES string of the molecule is CCOc1ccc(/C=N\Nc2nc(-c3ccc(Cl)cc3)cs2)cc1Br. The molecule has 0 fully saturated rings. The summed E-state index contributed by atoms with van der Waals surface area (Å²) in [5.41, 5.74) is 5.83. The Morgan fingerprint density at radius 1 is 1.28 bits per heavy atom. The number of halogens is 2. The zero-order valence-electron chi connectivity index (χ0n) is 13.4. The number of nitrogens with zero attached hydrogens (tertiary/aromatic N) is 2. The van der Waals surface area contributed by atoms with Crippen molar-refractivity contribution in [1.82, 2.24) is 4.98 Å². The number of anilines is 1. The monoisotopic (exact) mass is 435 g/mol. The van der Waals surface area contributed by atoms with E-state index in [1.165, 1.54) is 11.3 Å². The number of aromatic nitrogens is 1. The van der Waals surface area contributed by atoms with Crippen LogP contribution >= 0.6 is 38.9 Å². The second kappa shape index (κ2) is 8.47. The predicted molar refractivity (Wildman–Crippen MR) is 109 cm³/mol. The molecule has 1 heterocycles. The molecule has 0 saturated carbocycles. The number of benzene rings is 2. The van der Waals surface area contributed by atoms with Crippen molar-refractivity contribution in [3.63, 3.8) is 0 Å². The van der Waals surface area contributed by atoms with E-state index in [9.17, 15) is 0 Å². The van der Waals surface area contributed by atoms with Crippen LogP contribution in [-0.4, -0.2) is 17.8 Å². The molecule has 0 bridgehead atoms. The molecule has 1 N–H and O–H groups in total. The number of hydrazone groups is 1. The average molecular weight is 437 g/mol. The van der Waals surface area contributed by atoms with Gasteiger partial charge >= 0.3 is 0 Å². The molecule has 3 aromatic rings. The zero-order chi connectivity index (χ0) is 17.6. The highest BCUT2D eigenvalue weighted by atomic mass is 79.9. The van der Waals surface area contributed by atoms with Crippen molar-refractivity contribution in [2.75, 3.05) is 12.0 Å². The summed E-state index contributed by atoms with van der Waals surface area (Å²) in [6.07, 6.45) is 1.74. The van der Waals surface area contributed by atoms with Gasteiger partial charge in [-0.25, -0.2) is 4.98 Å². The first-order chi connectivity index (χ1) is 12.2. The van der Waals surface area contributed by atoms with Crippen LogP contribution in [0.4, 0.5) is 5.13 Å². The first-order valence-electron chi connectivity index (χ1n) is 7.58.